The van der Waals surface area contributed by atoms with Crippen molar-refractivity contribution in [2.45, 2.75) is 31.8 Å². The number of fused-ring (bicyclic) bond motifs is 2. The number of amides is 2. The van der Waals surface area contributed by atoms with Crippen LogP contribution in [0.15, 0.2) is 36.4 Å². The smallest absolute Gasteiger partial charge is 0.257 e. The number of methoxy groups -OCH3 is 2. The third-order valence-corrected chi connectivity index (χ3v) is 5.91. The SMILES string of the molecule is COc1cc(NC(=O)c2ccc3c(c2)N(C)C2CCCCCN2C3=O)cc(OC)c1. The first-order chi connectivity index (χ1) is 14.5. The maximum Gasteiger partial charge on any atom is 0.257 e. The molecule has 158 valence electrons. The van der Waals surface area contributed by atoms with Crippen molar-refractivity contribution in [3.05, 3.63) is 47.5 Å². The zero-order chi connectivity index (χ0) is 21.3. The molecule has 2 amide bonds. The number of nitrogens with one attached hydrogen (secondary N) is 1. The molecule has 1 saturated heterocycles. The number of carbonyl (C=O) groups excluding carboxylic acids is 2. The Morgan fingerprint density at radius 1 is 1.03 bits per heavy atom. The summed E-state index contributed by atoms with van der Waals surface area (Å²) in [5.74, 6) is 0.986. The summed E-state index contributed by atoms with van der Waals surface area (Å²) in [5.41, 5.74) is 2.53. The zero-order valence-corrected chi connectivity index (χ0v) is 17.6. The number of ether oxygens (including phenoxy) is 2. The van der Waals surface area contributed by atoms with Gasteiger partial charge in [0.05, 0.1) is 25.5 Å². The fraction of sp³-hybridized carbons (Fsp3) is 0.391. The van der Waals surface area contributed by atoms with Crippen molar-refractivity contribution in [3.8, 4) is 11.5 Å². The van der Waals surface area contributed by atoms with Gasteiger partial charge in [0.2, 0.25) is 0 Å². The van der Waals surface area contributed by atoms with Crippen molar-refractivity contribution in [1.82, 2.24) is 4.90 Å². The average Bonchev–Trinajstić information content (AvgIpc) is 3.03. The molecule has 0 spiro atoms. The van der Waals surface area contributed by atoms with Crippen LogP contribution in [-0.2, 0) is 0 Å². The average molecular weight is 409 g/mol. The Morgan fingerprint density at radius 3 is 2.47 bits per heavy atom. The molecule has 2 aromatic rings. The quantitative estimate of drug-likeness (QED) is 0.833. The van der Waals surface area contributed by atoms with Crippen molar-refractivity contribution >= 4 is 23.2 Å². The van der Waals surface area contributed by atoms with E-state index in [4.69, 9.17) is 9.47 Å². The third-order valence-electron chi connectivity index (χ3n) is 5.91. The Labute approximate surface area is 176 Å². The van der Waals surface area contributed by atoms with Gasteiger partial charge >= 0.3 is 0 Å². The van der Waals surface area contributed by atoms with Crippen LogP contribution in [0.4, 0.5) is 11.4 Å². The van der Waals surface area contributed by atoms with E-state index in [9.17, 15) is 9.59 Å². The van der Waals surface area contributed by atoms with E-state index in [0.29, 0.717) is 28.3 Å². The van der Waals surface area contributed by atoms with E-state index < -0.39 is 0 Å². The van der Waals surface area contributed by atoms with Crippen molar-refractivity contribution in [2.24, 2.45) is 0 Å². The molecule has 2 heterocycles. The minimum Gasteiger partial charge on any atom is -0.497 e. The second-order valence-electron chi connectivity index (χ2n) is 7.73. The van der Waals surface area contributed by atoms with E-state index >= 15 is 0 Å². The second kappa shape index (κ2) is 8.26. The molecule has 2 aliphatic heterocycles. The topological polar surface area (TPSA) is 71.1 Å². The lowest BCUT2D eigenvalue weighted by Gasteiger charge is -2.43. The Hall–Kier alpha value is -3.22. The Morgan fingerprint density at radius 2 is 1.77 bits per heavy atom. The van der Waals surface area contributed by atoms with Crippen LogP contribution in [0.3, 0.4) is 0 Å². The largest absolute Gasteiger partial charge is 0.497 e. The predicted octanol–water partition coefficient (Wildman–Crippen LogP) is 3.75. The molecule has 1 fully saturated rings. The molecule has 1 unspecified atom stereocenters. The van der Waals surface area contributed by atoms with Crippen LogP contribution in [0.1, 0.15) is 46.4 Å². The molecule has 30 heavy (non-hydrogen) atoms. The summed E-state index contributed by atoms with van der Waals surface area (Å²) in [4.78, 5) is 30.1. The van der Waals surface area contributed by atoms with Gasteiger partial charge in [-0.15, -0.1) is 0 Å². The van der Waals surface area contributed by atoms with Crippen molar-refractivity contribution < 1.29 is 19.1 Å². The van der Waals surface area contributed by atoms with Gasteiger partial charge in [-0.1, -0.05) is 6.42 Å². The standard InChI is InChI=1S/C23H27N3O4/c1-25-20-11-15(22(27)24-16-12-17(29-2)14-18(13-16)30-3)8-9-19(20)23(28)26-10-6-4-5-7-21(25)26/h8-9,11-14,21H,4-7,10H2,1-3H3,(H,24,27). The van der Waals surface area contributed by atoms with Gasteiger partial charge in [0.1, 0.15) is 17.7 Å². The molecular formula is C23H27N3O4. The molecule has 2 aromatic carbocycles. The van der Waals surface area contributed by atoms with Gasteiger partial charge in [0.15, 0.2) is 0 Å². The van der Waals surface area contributed by atoms with Crippen molar-refractivity contribution in [2.75, 3.05) is 38.0 Å². The predicted molar refractivity (Wildman–Crippen MR) is 116 cm³/mol. The molecule has 0 aromatic heterocycles. The van der Waals surface area contributed by atoms with Crippen LogP contribution < -0.4 is 19.7 Å². The first-order valence-electron chi connectivity index (χ1n) is 10.2. The number of hydrogen-bond donors (Lipinski definition) is 1. The number of carbonyl (C=O) groups is 2. The lowest BCUT2D eigenvalue weighted by molar-refractivity contribution is 0.0661. The normalized spacial score (nSPS) is 18.2. The number of anilines is 2. The summed E-state index contributed by atoms with van der Waals surface area (Å²) in [5, 5.41) is 2.89. The second-order valence-corrected chi connectivity index (χ2v) is 7.73. The monoisotopic (exact) mass is 409 g/mol. The Bertz CT molecular complexity index is 953. The molecule has 7 nitrogen and oxygen atoms in total. The van der Waals surface area contributed by atoms with Crippen molar-refractivity contribution in [3.63, 3.8) is 0 Å². The van der Waals surface area contributed by atoms with E-state index in [-0.39, 0.29) is 18.0 Å². The van der Waals surface area contributed by atoms with Gasteiger partial charge in [-0.25, -0.2) is 0 Å². The molecule has 0 radical (unpaired) electrons. The summed E-state index contributed by atoms with van der Waals surface area (Å²) in [6.07, 6.45) is 4.28. The van der Waals surface area contributed by atoms with Gasteiger partial charge in [-0.2, -0.15) is 0 Å². The van der Waals surface area contributed by atoms with E-state index in [1.807, 2.05) is 18.0 Å². The van der Waals surface area contributed by atoms with E-state index in [2.05, 4.69) is 10.2 Å². The highest BCUT2D eigenvalue weighted by molar-refractivity contribution is 6.08. The van der Waals surface area contributed by atoms with E-state index in [1.54, 1.807) is 44.6 Å². The molecule has 4 rings (SSSR count). The van der Waals surface area contributed by atoms with Gasteiger partial charge in [0, 0.05) is 43.0 Å². The van der Waals surface area contributed by atoms with E-state index in [0.717, 1.165) is 37.9 Å². The molecule has 0 aliphatic carbocycles. The molecule has 2 aliphatic rings. The highest BCUT2D eigenvalue weighted by Gasteiger charge is 2.36. The number of hydrogen-bond acceptors (Lipinski definition) is 5. The van der Waals surface area contributed by atoms with Crippen LogP contribution in [0.2, 0.25) is 0 Å². The fourth-order valence-corrected chi connectivity index (χ4v) is 4.27. The van der Waals surface area contributed by atoms with Gasteiger partial charge in [-0.05, 0) is 37.5 Å². The number of benzene rings is 2. The third kappa shape index (κ3) is 3.67. The summed E-state index contributed by atoms with van der Waals surface area (Å²) in [6, 6.07) is 10.5. The van der Waals surface area contributed by atoms with Crippen molar-refractivity contribution in [1.29, 1.82) is 0 Å². The number of rotatable bonds is 4. The molecular weight excluding hydrogens is 382 g/mol. The highest BCUT2D eigenvalue weighted by atomic mass is 16.5. The minimum absolute atomic E-state index is 0.0495. The Kier molecular flexibility index (Phi) is 5.53. The summed E-state index contributed by atoms with van der Waals surface area (Å²) in [7, 11) is 5.13. The van der Waals surface area contributed by atoms with Gasteiger partial charge in [0.25, 0.3) is 11.8 Å². The first kappa shape index (κ1) is 20.1. The summed E-state index contributed by atoms with van der Waals surface area (Å²) >= 11 is 0. The highest BCUT2D eigenvalue weighted by Crippen LogP contribution is 2.34. The zero-order valence-electron chi connectivity index (χ0n) is 17.6. The molecule has 0 bridgehead atoms. The lowest BCUT2D eigenvalue weighted by atomic mass is 10.0. The number of nitrogens with zero attached hydrogens (tertiary/aromatic N) is 2. The molecule has 7 heteroatoms. The first-order valence-corrected chi connectivity index (χ1v) is 10.2. The van der Waals surface area contributed by atoms with Gasteiger partial charge < -0.3 is 24.6 Å². The van der Waals surface area contributed by atoms with Crippen LogP contribution in [0.25, 0.3) is 0 Å². The molecule has 1 atom stereocenters. The van der Waals surface area contributed by atoms with E-state index in [1.165, 1.54) is 0 Å². The maximum absolute atomic E-state index is 13.0. The van der Waals surface area contributed by atoms with Crippen LogP contribution >= 0.6 is 0 Å². The minimum atomic E-state index is -0.253. The van der Waals surface area contributed by atoms with Crippen LogP contribution in [0, 0.1) is 0 Å². The summed E-state index contributed by atoms with van der Waals surface area (Å²) < 4.78 is 10.5. The van der Waals surface area contributed by atoms with Crippen LogP contribution in [-0.4, -0.2) is 50.7 Å². The van der Waals surface area contributed by atoms with Gasteiger partial charge in [-0.3, -0.25) is 9.59 Å². The summed E-state index contributed by atoms with van der Waals surface area (Å²) in [6.45, 7) is 0.785. The Balaban J connectivity index is 1.61. The maximum atomic E-state index is 13.0. The van der Waals surface area contributed by atoms with Crippen LogP contribution in [0.5, 0.6) is 11.5 Å². The molecule has 1 N–H and O–H groups in total. The fourth-order valence-electron chi connectivity index (χ4n) is 4.27. The lowest BCUT2D eigenvalue weighted by Crippen LogP contribution is -2.53. The molecule has 0 saturated carbocycles.